The maximum absolute atomic E-state index is 12.9. The van der Waals surface area contributed by atoms with E-state index in [-0.39, 0.29) is 18.4 Å². The quantitative estimate of drug-likeness (QED) is 0.758. The molecule has 7 heteroatoms. The largest absolute Gasteiger partial charge is 0.384 e. The van der Waals surface area contributed by atoms with Crippen molar-refractivity contribution in [1.29, 1.82) is 0 Å². The molecular formula is C16H20FN3O2S. The molecule has 0 aliphatic heterocycles. The van der Waals surface area contributed by atoms with E-state index < -0.39 is 5.60 Å². The molecule has 0 spiro atoms. The first-order valence-electron chi connectivity index (χ1n) is 7.34. The molecule has 0 bridgehead atoms. The fourth-order valence-corrected chi connectivity index (χ4v) is 2.78. The number of carbonyl (C=O) groups is 1. The zero-order valence-electron chi connectivity index (χ0n) is 13.1. The lowest BCUT2D eigenvalue weighted by Gasteiger charge is -2.24. The molecule has 1 unspecified atom stereocenters. The summed E-state index contributed by atoms with van der Waals surface area (Å²) in [5, 5.41) is 16.5. The number of carbonyl (C=O) groups excluding carboxylic acids is 1. The number of amides is 2. The van der Waals surface area contributed by atoms with E-state index in [2.05, 4.69) is 22.5 Å². The van der Waals surface area contributed by atoms with Gasteiger partial charge in [-0.15, -0.1) is 11.3 Å². The molecule has 0 saturated heterocycles. The van der Waals surface area contributed by atoms with Crippen LogP contribution in [-0.2, 0) is 18.6 Å². The highest BCUT2D eigenvalue weighted by atomic mass is 32.1. The van der Waals surface area contributed by atoms with Gasteiger partial charge in [-0.2, -0.15) is 0 Å². The van der Waals surface area contributed by atoms with Crippen molar-refractivity contribution in [1.82, 2.24) is 15.6 Å². The third-order valence-electron chi connectivity index (χ3n) is 3.41. The second-order valence-electron chi connectivity index (χ2n) is 5.39. The summed E-state index contributed by atoms with van der Waals surface area (Å²) in [5.41, 5.74) is -0.742. The Labute approximate surface area is 138 Å². The van der Waals surface area contributed by atoms with E-state index in [0.29, 0.717) is 12.1 Å². The lowest BCUT2D eigenvalue weighted by Crippen LogP contribution is -2.43. The Morgan fingerprint density at radius 3 is 2.65 bits per heavy atom. The summed E-state index contributed by atoms with van der Waals surface area (Å²) in [6, 6.07) is 5.16. The molecule has 3 N–H and O–H groups in total. The zero-order chi connectivity index (χ0) is 16.9. The summed E-state index contributed by atoms with van der Waals surface area (Å²) in [7, 11) is 0. The van der Waals surface area contributed by atoms with Crippen LogP contribution >= 0.6 is 11.3 Å². The molecule has 23 heavy (non-hydrogen) atoms. The number of nitrogens with one attached hydrogen (secondary N) is 2. The second kappa shape index (κ2) is 7.52. The third kappa shape index (κ3) is 5.01. The SMILES string of the molecule is CCc1cnc(CNC(=O)NCC(C)(O)c2ccc(F)cc2)s1. The summed E-state index contributed by atoms with van der Waals surface area (Å²) in [6.45, 7) is 3.97. The number of hydrogen-bond acceptors (Lipinski definition) is 4. The van der Waals surface area contributed by atoms with Crippen molar-refractivity contribution in [2.75, 3.05) is 6.54 Å². The molecule has 5 nitrogen and oxygen atoms in total. The van der Waals surface area contributed by atoms with Gasteiger partial charge < -0.3 is 15.7 Å². The van der Waals surface area contributed by atoms with Gasteiger partial charge in [0, 0.05) is 11.1 Å². The molecule has 2 amide bonds. The molecule has 1 aromatic heterocycles. The van der Waals surface area contributed by atoms with E-state index in [4.69, 9.17) is 0 Å². The van der Waals surface area contributed by atoms with Crippen LogP contribution in [0.15, 0.2) is 30.5 Å². The van der Waals surface area contributed by atoms with Gasteiger partial charge in [0.1, 0.15) is 16.4 Å². The van der Waals surface area contributed by atoms with Gasteiger partial charge in [0.2, 0.25) is 0 Å². The van der Waals surface area contributed by atoms with Gasteiger partial charge in [-0.05, 0) is 31.0 Å². The number of halogens is 1. The molecule has 0 aliphatic carbocycles. The smallest absolute Gasteiger partial charge is 0.315 e. The molecule has 2 aromatic rings. The molecule has 124 valence electrons. The van der Waals surface area contributed by atoms with Crippen molar-refractivity contribution in [3.63, 3.8) is 0 Å². The van der Waals surface area contributed by atoms with Gasteiger partial charge in [-0.25, -0.2) is 14.2 Å². The van der Waals surface area contributed by atoms with E-state index in [1.807, 2.05) is 0 Å². The maximum Gasteiger partial charge on any atom is 0.315 e. The van der Waals surface area contributed by atoms with E-state index in [1.54, 1.807) is 24.5 Å². The van der Waals surface area contributed by atoms with Crippen molar-refractivity contribution >= 4 is 17.4 Å². The Hall–Kier alpha value is -1.99. The van der Waals surface area contributed by atoms with Crippen LogP contribution in [0.5, 0.6) is 0 Å². The number of rotatable bonds is 6. The number of hydrogen-bond donors (Lipinski definition) is 3. The number of benzene rings is 1. The monoisotopic (exact) mass is 337 g/mol. The van der Waals surface area contributed by atoms with Crippen LogP contribution in [0.1, 0.15) is 29.3 Å². The topological polar surface area (TPSA) is 74.2 Å². The third-order valence-corrected chi connectivity index (χ3v) is 4.55. The fraction of sp³-hybridized carbons (Fsp3) is 0.375. The first kappa shape index (κ1) is 17.4. The Morgan fingerprint density at radius 2 is 2.04 bits per heavy atom. The molecular weight excluding hydrogens is 317 g/mol. The number of nitrogens with zero attached hydrogens (tertiary/aromatic N) is 1. The predicted octanol–water partition coefficient (Wildman–Crippen LogP) is 2.55. The van der Waals surface area contributed by atoms with Crippen LogP contribution < -0.4 is 10.6 Å². The minimum atomic E-state index is -1.28. The summed E-state index contributed by atoms with van der Waals surface area (Å²) in [5.74, 6) is -0.370. The average molecular weight is 337 g/mol. The van der Waals surface area contributed by atoms with Crippen molar-refractivity contribution in [2.45, 2.75) is 32.4 Å². The lowest BCUT2D eigenvalue weighted by atomic mass is 9.96. The van der Waals surface area contributed by atoms with Crippen molar-refractivity contribution in [3.05, 3.63) is 51.7 Å². The maximum atomic E-state index is 12.9. The Balaban J connectivity index is 1.82. The number of aryl methyl sites for hydroxylation is 1. The van der Waals surface area contributed by atoms with Crippen molar-refractivity contribution in [2.24, 2.45) is 0 Å². The summed E-state index contributed by atoms with van der Waals surface area (Å²) < 4.78 is 12.9. The van der Waals surface area contributed by atoms with Gasteiger partial charge in [-0.3, -0.25) is 0 Å². The van der Waals surface area contributed by atoms with Gasteiger partial charge in [0.15, 0.2) is 0 Å². The van der Waals surface area contributed by atoms with Crippen LogP contribution in [0, 0.1) is 5.82 Å². The van der Waals surface area contributed by atoms with Crippen molar-refractivity contribution in [3.8, 4) is 0 Å². The fourth-order valence-electron chi connectivity index (χ4n) is 1.97. The first-order valence-corrected chi connectivity index (χ1v) is 8.16. The molecule has 0 aliphatic rings. The Kier molecular flexibility index (Phi) is 5.68. The Bertz CT molecular complexity index is 656. The molecule has 0 saturated carbocycles. The average Bonchev–Trinajstić information content (AvgIpc) is 2.99. The normalized spacial score (nSPS) is 13.4. The minimum absolute atomic E-state index is 0.0164. The number of aliphatic hydroxyl groups is 1. The van der Waals surface area contributed by atoms with Crippen LogP contribution in [0.2, 0.25) is 0 Å². The lowest BCUT2D eigenvalue weighted by molar-refractivity contribution is 0.0593. The number of thiazole rings is 1. The van der Waals surface area contributed by atoms with Crippen LogP contribution in [0.3, 0.4) is 0 Å². The van der Waals surface area contributed by atoms with Gasteiger partial charge >= 0.3 is 6.03 Å². The summed E-state index contributed by atoms with van der Waals surface area (Å²) in [6.07, 6.45) is 2.73. The predicted molar refractivity (Wildman–Crippen MR) is 87.7 cm³/mol. The van der Waals surface area contributed by atoms with E-state index in [1.165, 1.54) is 29.1 Å². The zero-order valence-corrected chi connectivity index (χ0v) is 13.9. The highest BCUT2D eigenvalue weighted by molar-refractivity contribution is 7.11. The van der Waals surface area contributed by atoms with Crippen LogP contribution in [0.25, 0.3) is 0 Å². The van der Waals surface area contributed by atoms with Gasteiger partial charge in [-0.1, -0.05) is 19.1 Å². The van der Waals surface area contributed by atoms with E-state index in [0.717, 1.165) is 11.4 Å². The van der Waals surface area contributed by atoms with Gasteiger partial charge in [0.25, 0.3) is 0 Å². The Morgan fingerprint density at radius 1 is 1.35 bits per heavy atom. The number of urea groups is 1. The molecule has 1 aromatic carbocycles. The van der Waals surface area contributed by atoms with E-state index >= 15 is 0 Å². The van der Waals surface area contributed by atoms with Gasteiger partial charge in [0.05, 0.1) is 13.1 Å². The standard InChI is InChI=1S/C16H20FN3O2S/c1-3-13-8-18-14(23-13)9-19-15(21)20-10-16(2,22)11-4-6-12(17)7-5-11/h4-8,22H,3,9-10H2,1-2H3,(H2,19,20,21). The summed E-state index contributed by atoms with van der Waals surface area (Å²) in [4.78, 5) is 17.2. The number of aromatic nitrogens is 1. The highest BCUT2D eigenvalue weighted by Gasteiger charge is 2.23. The van der Waals surface area contributed by atoms with Crippen molar-refractivity contribution < 1.29 is 14.3 Å². The van der Waals surface area contributed by atoms with E-state index in [9.17, 15) is 14.3 Å². The highest BCUT2D eigenvalue weighted by Crippen LogP contribution is 2.19. The summed E-state index contributed by atoms with van der Waals surface area (Å²) >= 11 is 1.56. The molecule has 1 heterocycles. The second-order valence-corrected chi connectivity index (χ2v) is 6.59. The molecule has 0 radical (unpaired) electrons. The minimum Gasteiger partial charge on any atom is -0.384 e. The first-order chi connectivity index (χ1) is 10.9. The molecule has 1 atom stereocenters. The molecule has 2 rings (SSSR count). The molecule has 0 fully saturated rings. The van der Waals surface area contributed by atoms with Crippen LogP contribution in [0.4, 0.5) is 9.18 Å². The van der Waals surface area contributed by atoms with Crippen LogP contribution in [-0.4, -0.2) is 22.7 Å².